The largest absolute Gasteiger partial charge is 0.477 e. The zero-order chi connectivity index (χ0) is 49.9. The molecule has 0 aromatic heterocycles. The molecule has 0 amide bonds. The summed E-state index contributed by atoms with van der Waals surface area (Å²) in [5.41, 5.74) is 0. The Balaban J connectivity index is 4.25. The van der Waals surface area contributed by atoms with Crippen LogP contribution in [-0.2, 0) is 28.6 Å². The van der Waals surface area contributed by atoms with Crippen LogP contribution in [0.5, 0.6) is 0 Å². The molecule has 0 aliphatic carbocycles. The quantitative estimate of drug-likeness (QED) is 0.0281. The van der Waals surface area contributed by atoms with Gasteiger partial charge in [0.1, 0.15) is 6.61 Å². The molecule has 1 N–H and O–H groups in total. The molecule has 0 rings (SSSR count). The van der Waals surface area contributed by atoms with Crippen LogP contribution in [0.15, 0.2) is 72.9 Å². The van der Waals surface area contributed by atoms with Crippen LogP contribution in [0, 0.1) is 0 Å². The summed E-state index contributed by atoms with van der Waals surface area (Å²) in [6.45, 7) is 4.61. The molecule has 8 heteroatoms. The molecule has 0 fully saturated rings. The highest BCUT2D eigenvalue weighted by Gasteiger charge is 2.31. The first-order chi connectivity index (χ1) is 33.1. The fraction of sp³-hybridized carbons (Fsp3) is 0.750. The Morgan fingerprint density at radius 2 is 0.824 bits per heavy atom. The van der Waals surface area contributed by atoms with Crippen molar-refractivity contribution in [3.8, 4) is 0 Å². The zero-order valence-corrected chi connectivity index (χ0v) is 44.8. The Labute approximate surface area is 419 Å². The van der Waals surface area contributed by atoms with Gasteiger partial charge >= 0.3 is 17.9 Å². The predicted octanol–water partition coefficient (Wildman–Crippen LogP) is 16.6. The Morgan fingerprint density at radius 3 is 1.22 bits per heavy atom. The van der Waals surface area contributed by atoms with Crippen molar-refractivity contribution >= 4 is 17.9 Å². The van der Waals surface area contributed by atoms with E-state index in [4.69, 9.17) is 14.2 Å². The van der Waals surface area contributed by atoms with Gasteiger partial charge in [-0.25, -0.2) is 4.79 Å². The molecule has 68 heavy (non-hydrogen) atoms. The number of quaternary nitrogens is 1. The van der Waals surface area contributed by atoms with Crippen molar-refractivity contribution < 1.29 is 38.2 Å². The number of hydrogen-bond acceptors (Lipinski definition) is 6. The predicted molar refractivity (Wildman–Crippen MR) is 289 cm³/mol. The van der Waals surface area contributed by atoms with Gasteiger partial charge in [0.2, 0.25) is 0 Å². The second-order valence-corrected chi connectivity index (χ2v) is 19.8. The van der Waals surface area contributed by atoms with E-state index in [2.05, 4.69) is 86.8 Å². The smallest absolute Gasteiger partial charge is 0.362 e. The number of carboxylic acid groups (broad SMARTS) is 1. The summed E-state index contributed by atoms with van der Waals surface area (Å²) in [6, 6.07) is -0.626. The van der Waals surface area contributed by atoms with Gasteiger partial charge in [0.15, 0.2) is 12.1 Å². The van der Waals surface area contributed by atoms with E-state index in [-0.39, 0.29) is 42.7 Å². The molecule has 392 valence electrons. The third-order valence-corrected chi connectivity index (χ3v) is 12.4. The Hall–Kier alpha value is -3.23. The number of rotatable bonds is 50. The second-order valence-electron chi connectivity index (χ2n) is 19.8. The highest BCUT2D eigenvalue weighted by molar-refractivity contribution is 5.72. The van der Waals surface area contributed by atoms with E-state index < -0.39 is 18.1 Å². The maximum Gasteiger partial charge on any atom is 0.362 e. The minimum atomic E-state index is -0.882. The Bertz CT molecular complexity index is 1340. The molecule has 2 unspecified atom stereocenters. The molecule has 0 bridgehead atoms. The van der Waals surface area contributed by atoms with Gasteiger partial charge in [0.05, 0.1) is 34.4 Å². The molecule has 0 radical (unpaired) electrons. The maximum atomic E-state index is 12.8. The lowest BCUT2D eigenvalue weighted by Crippen LogP contribution is -2.50. The molecule has 0 aromatic carbocycles. The molecular formula is C60H106NO7+. The summed E-state index contributed by atoms with van der Waals surface area (Å²) in [4.78, 5) is 37.2. The van der Waals surface area contributed by atoms with Crippen LogP contribution in [-0.4, -0.2) is 80.6 Å². The number of carboxylic acids is 1. The molecular weight excluding hydrogens is 847 g/mol. The number of hydrogen-bond donors (Lipinski definition) is 1. The molecule has 0 spiro atoms. The van der Waals surface area contributed by atoms with Crippen LogP contribution in [0.1, 0.15) is 239 Å². The number of carbonyl (C=O) groups is 3. The van der Waals surface area contributed by atoms with Gasteiger partial charge in [-0.2, -0.15) is 0 Å². The van der Waals surface area contributed by atoms with Gasteiger partial charge in [0, 0.05) is 19.3 Å². The average Bonchev–Trinajstić information content (AvgIpc) is 3.30. The summed E-state index contributed by atoms with van der Waals surface area (Å²) in [6.07, 6.45) is 65.4. The minimum absolute atomic E-state index is 0.0421. The number of ether oxygens (including phenoxy) is 3. The Morgan fingerprint density at radius 1 is 0.456 bits per heavy atom. The number of likely N-dealkylation sites (N-methyl/N-ethyl adjacent to an activating group) is 1. The monoisotopic (exact) mass is 953 g/mol. The third kappa shape index (κ3) is 47.8. The van der Waals surface area contributed by atoms with Crippen molar-refractivity contribution in [2.75, 3.05) is 41.0 Å². The number of esters is 2. The fourth-order valence-electron chi connectivity index (χ4n) is 8.10. The van der Waals surface area contributed by atoms with Crippen LogP contribution in [0.2, 0.25) is 0 Å². The SMILES string of the molecule is CC/C=C/C/C=C/C/C=C/C/C=C/C/C=C/C/C=C/CCCCC(=O)OC(COCCC(C(=O)O)[N+](C)(C)C)COC(=O)CCCCCCCCCCCCCCCCCCCCCCCCC. The van der Waals surface area contributed by atoms with Crippen LogP contribution < -0.4 is 0 Å². The van der Waals surface area contributed by atoms with Crippen molar-refractivity contribution in [3.05, 3.63) is 72.9 Å². The van der Waals surface area contributed by atoms with Gasteiger partial charge in [-0.05, 0) is 64.2 Å². The minimum Gasteiger partial charge on any atom is -0.477 e. The van der Waals surface area contributed by atoms with Gasteiger partial charge in [-0.15, -0.1) is 0 Å². The van der Waals surface area contributed by atoms with E-state index in [0.29, 0.717) is 19.3 Å². The normalized spacial score (nSPS) is 13.4. The zero-order valence-electron chi connectivity index (χ0n) is 44.8. The van der Waals surface area contributed by atoms with Crippen LogP contribution in [0.25, 0.3) is 0 Å². The maximum absolute atomic E-state index is 12.8. The molecule has 0 aliphatic rings. The van der Waals surface area contributed by atoms with E-state index in [1.165, 1.54) is 128 Å². The molecule has 0 aromatic rings. The fourth-order valence-corrected chi connectivity index (χ4v) is 8.10. The first-order valence-corrected chi connectivity index (χ1v) is 28.0. The highest BCUT2D eigenvalue weighted by Crippen LogP contribution is 2.17. The Kier molecular flexibility index (Phi) is 47.8. The number of allylic oxidation sites excluding steroid dienone is 12. The summed E-state index contributed by atoms with van der Waals surface area (Å²) >= 11 is 0. The molecule has 2 atom stereocenters. The standard InChI is InChI=1S/C60H105NO7/c1-6-8-10-12-14-16-18-20-22-24-26-28-29-31-32-34-36-38-40-42-44-46-48-50-58(62)67-55-56(54-66-53-52-57(60(64)65)61(3,4)5)68-59(63)51-49-47-45-43-41-39-37-35-33-30-27-25-23-21-19-17-15-13-11-9-7-2/h9,11,15,17,21,23,27,30,35,37,41,43,56-57H,6-8,10,12-14,16,18-20,22,24-26,28-29,31-34,36,38-40,42,44-55H2,1-5H3/p+1/b11-9+,17-15+,23-21+,30-27+,37-35+,43-41+. The molecule has 0 saturated carbocycles. The van der Waals surface area contributed by atoms with Crippen molar-refractivity contribution in [1.29, 1.82) is 0 Å². The van der Waals surface area contributed by atoms with E-state index in [1.807, 2.05) is 21.1 Å². The third-order valence-electron chi connectivity index (χ3n) is 12.4. The van der Waals surface area contributed by atoms with Gasteiger partial charge in [-0.3, -0.25) is 9.59 Å². The highest BCUT2D eigenvalue weighted by atomic mass is 16.6. The van der Waals surface area contributed by atoms with Gasteiger partial charge in [-0.1, -0.05) is 228 Å². The summed E-state index contributed by atoms with van der Waals surface area (Å²) < 4.78 is 17.3. The van der Waals surface area contributed by atoms with Crippen molar-refractivity contribution in [3.63, 3.8) is 0 Å². The number of aliphatic carboxylic acids is 1. The number of nitrogens with zero attached hydrogens (tertiary/aromatic N) is 1. The first-order valence-electron chi connectivity index (χ1n) is 28.0. The van der Waals surface area contributed by atoms with E-state index >= 15 is 0 Å². The van der Waals surface area contributed by atoms with Crippen molar-refractivity contribution in [1.82, 2.24) is 0 Å². The summed E-state index contributed by atoms with van der Waals surface area (Å²) in [5.74, 6) is -1.52. The van der Waals surface area contributed by atoms with E-state index in [9.17, 15) is 19.5 Å². The molecule has 0 aliphatic heterocycles. The van der Waals surface area contributed by atoms with E-state index in [0.717, 1.165) is 70.6 Å². The molecule has 8 nitrogen and oxygen atoms in total. The summed E-state index contributed by atoms with van der Waals surface area (Å²) in [5, 5.41) is 9.67. The summed E-state index contributed by atoms with van der Waals surface area (Å²) in [7, 11) is 5.52. The molecule has 0 heterocycles. The van der Waals surface area contributed by atoms with Crippen molar-refractivity contribution in [2.45, 2.75) is 251 Å². The van der Waals surface area contributed by atoms with E-state index in [1.54, 1.807) is 0 Å². The number of carbonyl (C=O) groups excluding carboxylic acids is 2. The average molecular weight is 954 g/mol. The lowest BCUT2D eigenvalue weighted by atomic mass is 10.0. The lowest BCUT2D eigenvalue weighted by molar-refractivity contribution is -0.887. The van der Waals surface area contributed by atoms with Crippen molar-refractivity contribution in [2.24, 2.45) is 0 Å². The topological polar surface area (TPSA) is 99.1 Å². The molecule has 0 saturated heterocycles. The number of unbranched alkanes of at least 4 members (excludes halogenated alkanes) is 24. The van der Waals surface area contributed by atoms with Gasteiger partial charge < -0.3 is 23.8 Å². The first kappa shape index (κ1) is 64.8. The second kappa shape index (κ2) is 50.2. The van der Waals surface area contributed by atoms with Crippen LogP contribution in [0.3, 0.4) is 0 Å². The van der Waals surface area contributed by atoms with Crippen LogP contribution in [0.4, 0.5) is 0 Å². The van der Waals surface area contributed by atoms with Gasteiger partial charge in [0.25, 0.3) is 0 Å². The van der Waals surface area contributed by atoms with Crippen LogP contribution >= 0.6 is 0 Å². The lowest BCUT2D eigenvalue weighted by Gasteiger charge is -2.31.